The van der Waals surface area contributed by atoms with Gasteiger partial charge in [-0.05, 0) is 33.4 Å². The third kappa shape index (κ3) is 37.9. The molecule has 1 atom stereocenters. The second-order valence-corrected chi connectivity index (χ2v) is 9.66. The topological polar surface area (TPSA) is 184 Å². The molecule has 0 radical (unpaired) electrons. The van der Waals surface area contributed by atoms with E-state index in [1.54, 1.807) is 0 Å². The molecule has 0 saturated heterocycles. The summed E-state index contributed by atoms with van der Waals surface area (Å²) in [6.45, 7) is 13.2. The zero-order chi connectivity index (χ0) is 33.6. The molecule has 0 aromatic carbocycles. The first-order valence-electron chi connectivity index (χ1n) is 16.0. The zero-order valence-corrected chi connectivity index (χ0v) is 28.1. The maximum atomic E-state index is 11.6. The van der Waals surface area contributed by atoms with Gasteiger partial charge in [0.1, 0.15) is 26.1 Å². The maximum absolute atomic E-state index is 11.6. The zero-order valence-electron chi connectivity index (χ0n) is 28.1. The lowest BCUT2D eigenvalue weighted by Crippen LogP contribution is -2.43. The number of ether oxygens (including phenoxy) is 6. The number of rotatable bonds is 32. The van der Waals surface area contributed by atoms with Crippen molar-refractivity contribution in [3.8, 4) is 0 Å². The van der Waals surface area contributed by atoms with Crippen molar-refractivity contribution in [2.45, 2.75) is 52.5 Å². The van der Waals surface area contributed by atoms with Gasteiger partial charge in [-0.2, -0.15) is 0 Å². The van der Waals surface area contributed by atoms with E-state index >= 15 is 0 Å². The number of amides is 3. The Hall–Kier alpha value is -2.24. The van der Waals surface area contributed by atoms with Gasteiger partial charge in [0.25, 0.3) is 0 Å². The maximum Gasteiger partial charge on any atom is 0.246 e. The number of hydrogen-bond donors (Lipinski definition) is 5. The van der Waals surface area contributed by atoms with Gasteiger partial charge in [0.05, 0.1) is 65.5 Å². The Balaban J connectivity index is 0. The highest BCUT2D eigenvalue weighted by molar-refractivity contribution is 5.81. The second kappa shape index (κ2) is 37.9. The van der Waals surface area contributed by atoms with Gasteiger partial charge in [-0.15, -0.1) is 0 Å². The predicted octanol–water partition coefficient (Wildman–Crippen LogP) is -0.582. The van der Waals surface area contributed by atoms with Crippen molar-refractivity contribution in [2.75, 3.05) is 119 Å². The van der Waals surface area contributed by atoms with E-state index in [0.29, 0.717) is 85.4 Å². The molecule has 3 amide bonds. The molecule has 0 saturated carbocycles. The SMILES string of the molecule is CCCCNC(=O)COCCOCCNC(=O)COCCOCCNC.CCCCN[C@H](C)C(=O)NCCOCCOCC=O. The van der Waals surface area contributed by atoms with Gasteiger partial charge in [0, 0.05) is 26.2 Å². The summed E-state index contributed by atoms with van der Waals surface area (Å²) < 4.78 is 31.1. The molecule has 45 heavy (non-hydrogen) atoms. The van der Waals surface area contributed by atoms with E-state index in [9.17, 15) is 19.2 Å². The molecule has 0 aromatic rings. The largest absolute Gasteiger partial charge is 0.378 e. The van der Waals surface area contributed by atoms with Crippen molar-refractivity contribution in [3.63, 3.8) is 0 Å². The summed E-state index contributed by atoms with van der Waals surface area (Å²) in [4.78, 5) is 44.4. The Kier molecular flexibility index (Phi) is 37.8. The van der Waals surface area contributed by atoms with Crippen molar-refractivity contribution in [1.29, 1.82) is 0 Å². The van der Waals surface area contributed by atoms with Crippen molar-refractivity contribution < 1.29 is 47.6 Å². The summed E-state index contributed by atoms with van der Waals surface area (Å²) in [5, 5.41) is 14.4. The van der Waals surface area contributed by atoms with Crippen LogP contribution in [0, 0.1) is 0 Å². The van der Waals surface area contributed by atoms with Crippen LogP contribution in [-0.4, -0.2) is 149 Å². The number of aldehydes is 1. The summed E-state index contributed by atoms with van der Waals surface area (Å²) in [7, 11) is 1.86. The number of nitrogens with one attached hydrogen (secondary N) is 5. The van der Waals surface area contributed by atoms with E-state index in [1.165, 1.54) is 0 Å². The number of hydrogen-bond acceptors (Lipinski definition) is 12. The van der Waals surface area contributed by atoms with Crippen LogP contribution in [0.25, 0.3) is 0 Å². The summed E-state index contributed by atoms with van der Waals surface area (Å²) in [6.07, 6.45) is 4.90. The highest BCUT2D eigenvalue weighted by Crippen LogP contribution is 1.88. The number of carbonyl (C=O) groups excluding carboxylic acids is 4. The molecule has 0 heterocycles. The van der Waals surface area contributed by atoms with Crippen molar-refractivity contribution in [2.24, 2.45) is 0 Å². The molecule has 0 aliphatic heterocycles. The van der Waals surface area contributed by atoms with Gasteiger partial charge in [-0.1, -0.05) is 26.7 Å². The third-order valence-electron chi connectivity index (χ3n) is 5.61. The lowest BCUT2D eigenvalue weighted by atomic mass is 10.3. The fourth-order valence-corrected chi connectivity index (χ4v) is 3.05. The molecule has 0 rings (SSSR count). The Labute approximate surface area is 269 Å². The van der Waals surface area contributed by atoms with Crippen LogP contribution in [0.1, 0.15) is 46.5 Å². The first-order chi connectivity index (χ1) is 21.9. The van der Waals surface area contributed by atoms with E-state index in [2.05, 4.69) is 40.4 Å². The van der Waals surface area contributed by atoms with Crippen LogP contribution in [-0.2, 0) is 47.6 Å². The fraction of sp³-hybridized carbons (Fsp3) is 0.867. The Morgan fingerprint density at radius 1 is 0.600 bits per heavy atom. The van der Waals surface area contributed by atoms with E-state index in [4.69, 9.17) is 28.4 Å². The van der Waals surface area contributed by atoms with Gasteiger partial charge >= 0.3 is 0 Å². The number of unbranched alkanes of at least 4 members (excludes halogenated alkanes) is 2. The number of likely N-dealkylation sites (N-methyl/N-ethyl adjacent to an activating group) is 1. The second-order valence-electron chi connectivity index (χ2n) is 9.66. The minimum Gasteiger partial charge on any atom is -0.378 e. The molecule has 15 heteroatoms. The molecular weight excluding hydrogens is 590 g/mol. The van der Waals surface area contributed by atoms with E-state index in [0.717, 1.165) is 38.8 Å². The van der Waals surface area contributed by atoms with E-state index < -0.39 is 0 Å². The molecule has 0 fully saturated rings. The third-order valence-corrected chi connectivity index (χ3v) is 5.61. The highest BCUT2D eigenvalue weighted by atomic mass is 16.5. The lowest BCUT2D eigenvalue weighted by molar-refractivity contribution is -0.127. The summed E-state index contributed by atoms with van der Waals surface area (Å²) in [6, 6.07) is -0.178. The standard InChI is InChI=1S/C17H35N3O6.C13H26N2O4/c1-3-4-5-19-16(21)14-25-13-11-24-9-7-20-17(22)15-26-12-10-23-8-6-18-2;1-3-4-5-14-12(2)13(17)15-6-8-18-10-11-19-9-7-16/h18H,3-15H2,1-2H3,(H,19,21)(H,20,22);7,12,14H,3-6,8-11H2,1-2H3,(H,15,17)/t;12-/m.1/s1. The van der Waals surface area contributed by atoms with E-state index in [-0.39, 0.29) is 43.6 Å². The van der Waals surface area contributed by atoms with Crippen LogP contribution in [0.2, 0.25) is 0 Å². The van der Waals surface area contributed by atoms with Gasteiger partial charge in [0.15, 0.2) is 0 Å². The fourth-order valence-electron chi connectivity index (χ4n) is 3.05. The molecule has 0 spiro atoms. The van der Waals surface area contributed by atoms with Crippen molar-refractivity contribution >= 4 is 24.0 Å². The van der Waals surface area contributed by atoms with Gasteiger partial charge in [-0.25, -0.2) is 0 Å². The minimum absolute atomic E-state index is 0.00560. The molecule has 15 nitrogen and oxygen atoms in total. The van der Waals surface area contributed by atoms with Crippen LogP contribution in [0.3, 0.4) is 0 Å². The molecule has 0 bridgehead atoms. The van der Waals surface area contributed by atoms with Crippen LogP contribution >= 0.6 is 0 Å². The highest BCUT2D eigenvalue weighted by Gasteiger charge is 2.10. The van der Waals surface area contributed by atoms with Gasteiger partial charge in [-0.3, -0.25) is 14.4 Å². The van der Waals surface area contributed by atoms with Crippen LogP contribution < -0.4 is 26.6 Å². The lowest BCUT2D eigenvalue weighted by Gasteiger charge is -2.13. The molecule has 0 aliphatic rings. The molecule has 5 N–H and O–H groups in total. The molecule has 0 aliphatic carbocycles. The summed E-state index contributed by atoms with van der Waals surface area (Å²) >= 11 is 0. The van der Waals surface area contributed by atoms with Gasteiger partial charge < -0.3 is 59.8 Å². The average Bonchev–Trinajstić information content (AvgIpc) is 3.03. The Morgan fingerprint density at radius 2 is 1.07 bits per heavy atom. The van der Waals surface area contributed by atoms with Crippen LogP contribution in [0.15, 0.2) is 0 Å². The Bertz CT molecular complexity index is 692. The van der Waals surface area contributed by atoms with Crippen molar-refractivity contribution in [1.82, 2.24) is 26.6 Å². The first kappa shape index (κ1) is 44.9. The van der Waals surface area contributed by atoms with Crippen molar-refractivity contribution in [3.05, 3.63) is 0 Å². The van der Waals surface area contributed by atoms with E-state index in [1.807, 2.05) is 14.0 Å². The minimum atomic E-state index is -0.191. The normalized spacial score (nSPS) is 11.3. The smallest absolute Gasteiger partial charge is 0.246 e. The van der Waals surface area contributed by atoms with Gasteiger partial charge in [0.2, 0.25) is 17.7 Å². The van der Waals surface area contributed by atoms with Crippen LogP contribution in [0.5, 0.6) is 0 Å². The van der Waals surface area contributed by atoms with Crippen LogP contribution in [0.4, 0.5) is 0 Å². The quantitative estimate of drug-likeness (QED) is 0.0461. The average molecular weight is 652 g/mol. The Morgan fingerprint density at radius 3 is 1.60 bits per heavy atom. The predicted molar refractivity (Wildman–Crippen MR) is 171 cm³/mol. The first-order valence-corrected chi connectivity index (χ1v) is 16.0. The molecule has 266 valence electrons. The molecular formula is C30H61N5O10. The number of carbonyl (C=O) groups is 4. The molecule has 0 aromatic heterocycles. The summed E-state index contributed by atoms with van der Waals surface area (Å²) in [5.41, 5.74) is 0. The molecule has 0 unspecified atom stereocenters. The monoisotopic (exact) mass is 651 g/mol. The summed E-state index contributed by atoms with van der Waals surface area (Å²) in [5.74, 6) is -0.320.